The number of aliphatic carboxylic acids is 1. The van der Waals surface area contributed by atoms with Crippen LogP contribution in [0.3, 0.4) is 0 Å². The van der Waals surface area contributed by atoms with E-state index >= 15 is 0 Å². The highest BCUT2D eigenvalue weighted by Gasteiger charge is 2.29. The van der Waals surface area contributed by atoms with Crippen molar-refractivity contribution in [2.45, 2.75) is 50.6 Å². The Kier molecular flexibility index (Phi) is 8.24. The Bertz CT molecular complexity index is 974. The number of carbonyl (C=O) groups excluding carboxylic acids is 2. The molecule has 0 aromatic heterocycles. The minimum atomic E-state index is -1.09. The van der Waals surface area contributed by atoms with E-state index in [1.165, 1.54) is 0 Å². The van der Waals surface area contributed by atoms with Crippen molar-refractivity contribution in [3.05, 3.63) is 72.3 Å². The topological polar surface area (TPSA) is 105 Å². The normalized spacial score (nSPS) is 13.8. The van der Waals surface area contributed by atoms with Gasteiger partial charge in [-0.1, -0.05) is 61.5 Å². The summed E-state index contributed by atoms with van der Waals surface area (Å²) in [6.45, 7) is 5.60. The zero-order valence-electron chi connectivity index (χ0n) is 18.8. The van der Waals surface area contributed by atoms with E-state index in [2.05, 4.69) is 29.3 Å². The van der Waals surface area contributed by atoms with Gasteiger partial charge in [0.15, 0.2) is 0 Å². The largest absolute Gasteiger partial charge is 0.480 e. The minimum absolute atomic E-state index is 0.0292. The summed E-state index contributed by atoms with van der Waals surface area (Å²) in [5.74, 6) is -1.58. The quantitative estimate of drug-likeness (QED) is 0.445. The van der Waals surface area contributed by atoms with Gasteiger partial charge in [-0.05, 0) is 41.5 Å². The van der Waals surface area contributed by atoms with E-state index in [1.54, 1.807) is 6.08 Å². The SMILES string of the molecule is C=CCCC(NC(=O)C[C@@H](CC)NC(=O)OCC1c2ccccc2-c2ccccc21)C(=O)O. The number of alkyl carbamates (subject to hydrolysis) is 1. The second-order valence-electron chi connectivity index (χ2n) is 8.10. The molecule has 3 N–H and O–H groups in total. The second kappa shape index (κ2) is 11.3. The molecule has 0 saturated heterocycles. The molecule has 2 aromatic carbocycles. The van der Waals surface area contributed by atoms with Gasteiger partial charge in [0.05, 0.1) is 0 Å². The van der Waals surface area contributed by atoms with Crippen LogP contribution in [0.1, 0.15) is 49.7 Å². The van der Waals surface area contributed by atoms with Crippen molar-refractivity contribution in [3.63, 3.8) is 0 Å². The van der Waals surface area contributed by atoms with Crippen molar-refractivity contribution in [2.24, 2.45) is 0 Å². The predicted octanol–water partition coefficient (Wildman–Crippen LogP) is 4.23. The van der Waals surface area contributed by atoms with E-state index in [9.17, 15) is 19.5 Å². The Hall–Kier alpha value is -3.61. The summed E-state index contributed by atoms with van der Waals surface area (Å²) in [6.07, 6.45) is 2.22. The first-order valence-corrected chi connectivity index (χ1v) is 11.2. The van der Waals surface area contributed by atoms with Crippen molar-refractivity contribution >= 4 is 18.0 Å². The van der Waals surface area contributed by atoms with Gasteiger partial charge in [0.25, 0.3) is 0 Å². The Morgan fingerprint density at radius 3 is 2.21 bits per heavy atom. The lowest BCUT2D eigenvalue weighted by atomic mass is 9.98. The summed E-state index contributed by atoms with van der Waals surface area (Å²) < 4.78 is 5.54. The molecule has 0 saturated carbocycles. The lowest BCUT2D eigenvalue weighted by Crippen LogP contribution is -2.44. The molecule has 2 aromatic rings. The molecule has 2 amide bonds. The molecular formula is C26H30N2O5. The Labute approximate surface area is 193 Å². The molecule has 0 aliphatic heterocycles. The van der Waals surface area contributed by atoms with Crippen molar-refractivity contribution in [1.82, 2.24) is 10.6 Å². The van der Waals surface area contributed by atoms with Crippen molar-refractivity contribution in [1.29, 1.82) is 0 Å². The Morgan fingerprint density at radius 1 is 1.06 bits per heavy atom. The van der Waals surface area contributed by atoms with E-state index in [1.807, 2.05) is 43.3 Å². The number of carbonyl (C=O) groups is 3. The second-order valence-corrected chi connectivity index (χ2v) is 8.10. The lowest BCUT2D eigenvalue weighted by Gasteiger charge is -2.20. The number of rotatable bonds is 11. The monoisotopic (exact) mass is 450 g/mol. The van der Waals surface area contributed by atoms with E-state index in [0.29, 0.717) is 12.8 Å². The average Bonchev–Trinajstić information content (AvgIpc) is 3.13. The van der Waals surface area contributed by atoms with Crippen molar-refractivity contribution in [2.75, 3.05) is 6.61 Å². The molecular weight excluding hydrogens is 420 g/mol. The van der Waals surface area contributed by atoms with Gasteiger partial charge in [-0.15, -0.1) is 6.58 Å². The number of nitrogens with one attached hydrogen (secondary N) is 2. The third kappa shape index (κ3) is 6.00. The van der Waals surface area contributed by atoms with E-state index in [4.69, 9.17) is 4.74 Å². The van der Waals surface area contributed by atoms with Gasteiger partial charge >= 0.3 is 12.1 Å². The van der Waals surface area contributed by atoms with E-state index < -0.39 is 30.1 Å². The van der Waals surface area contributed by atoms with Crippen LogP contribution >= 0.6 is 0 Å². The van der Waals surface area contributed by atoms with Crippen molar-refractivity contribution < 1.29 is 24.2 Å². The fourth-order valence-electron chi connectivity index (χ4n) is 4.12. The number of hydrogen-bond acceptors (Lipinski definition) is 4. The summed E-state index contributed by atoms with van der Waals surface area (Å²) in [7, 11) is 0. The van der Waals surface area contributed by atoms with Gasteiger partial charge in [-0.2, -0.15) is 0 Å². The number of hydrogen-bond donors (Lipinski definition) is 3. The van der Waals surface area contributed by atoms with Crippen LogP contribution < -0.4 is 10.6 Å². The highest BCUT2D eigenvalue weighted by molar-refractivity contribution is 5.84. The van der Waals surface area contributed by atoms with Gasteiger partial charge in [0.2, 0.25) is 5.91 Å². The smallest absolute Gasteiger partial charge is 0.407 e. The molecule has 0 radical (unpaired) electrons. The van der Waals surface area contributed by atoms with Crippen LogP contribution in [0.25, 0.3) is 11.1 Å². The average molecular weight is 451 g/mol. The van der Waals surface area contributed by atoms with Gasteiger partial charge < -0.3 is 20.5 Å². The molecule has 1 unspecified atom stereocenters. The maximum absolute atomic E-state index is 12.5. The lowest BCUT2D eigenvalue weighted by molar-refractivity contribution is -0.142. The van der Waals surface area contributed by atoms with Gasteiger partial charge in [0, 0.05) is 18.4 Å². The maximum atomic E-state index is 12.5. The van der Waals surface area contributed by atoms with Crippen LogP contribution in [0, 0.1) is 0 Å². The standard InChI is InChI=1S/C26H30N2O5/c1-3-5-14-23(25(30)31)28-24(29)15-17(4-2)27-26(32)33-16-22-20-12-8-6-10-18(20)19-11-7-9-13-21(19)22/h3,6-13,17,22-23H,1,4-5,14-16H2,2H3,(H,27,32)(H,28,29)(H,30,31)/t17-,23?/m1/s1. The molecule has 1 aliphatic carbocycles. The molecule has 7 heteroatoms. The van der Waals surface area contributed by atoms with Gasteiger partial charge in [-0.3, -0.25) is 4.79 Å². The Balaban J connectivity index is 1.55. The van der Waals surface area contributed by atoms with Crippen LogP contribution in [-0.2, 0) is 14.3 Å². The van der Waals surface area contributed by atoms with Crippen molar-refractivity contribution in [3.8, 4) is 11.1 Å². The molecule has 0 bridgehead atoms. The van der Waals surface area contributed by atoms with Crippen LogP contribution in [0.2, 0.25) is 0 Å². The predicted molar refractivity (Wildman–Crippen MR) is 126 cm³/mol. The molecule has 0 heterocycles. The first-order chi connectivity index (χ1) is 15.9. The molecule has 3 rings (SSSR count). The fourth-order valence-corrected chi connectivity index (χ4v) is 4.12. The summed E-state index contributed by atoms with van der Waals surface area (Å²) in [5, 5.41) is 14.5. The molecule has 7 nitrogen and oxygen atoms in total. The van der Waals surface area contributed by atoms with Crippen LogP contribution in [0.15, 0.2) is 61.2 Å². The van der Waals surface area contributed by atoms with Crippen LogP contribution in [-0.4, -0.2) is 41.8 Å². The van der Waals surface area contributed by atoms with Crippen LogP contribution in [0.5, 0.6) is 0 Å². The fraction of sp³-hybridized carbons (Fsp3) is 0.346. The zero-order chi connectivity index (χ0) is 23.8. The highest BCUT2D eigenvalue weighted by atomic mass is 16.5. The number of amides is 2. The number of ether oxygens (including phenoxy) is 1. The minimum Gasteiger partial charge on any atom is -0.480 e. The first kappa shape index (κ1) is 24.0. The van der Waals surface area contributed by atoms with E-state index in [0.717, 1.165) is 22.3 Å². The molecule has 0 fully saturated rings. The molecule has 174 valence electrons. The van der Waals surface area contributed by atoms with Gasteiger partial charge in [0.1, 0.15) is 12.6 Å². The molecule has 2 atom stereocenters. The number of allylic oxidation sites excluding steroid dienone is 1. The third-order valence-electron chi connectivity index (χ3n) is 5.88. The third-order valence-corrected chi connectivity index (χ3v) is 5.88. The molecule has 0 spiro atoms. The number of fused-ring (bicyclic) bond motifs is 3. The first-order valence-electron chi connectivity index (χ1n) is 11.2. The highest BCUT2D eigenvalue weighted by Crippen LogP contribution is 2.44. The maximum Gasteiger partial charge on any atom is 0.407 e. The summed E-state index contributed by atoms with van der Waals surface area (Å²) in [5.41, 5.74) is 4.54. The number of benzene rings is 2. The zero-order valence-corrected chi connectivity index (χ0v) is 18.8. The molecule has 1 aliphatic rings. The van der Waals surface area contributed by atoms with Gasteiger partial charge in [-0.25, -0.2) is 9.59 Å². The summed E-state index contributed by atoms with van der Waals surface area (Å²) >= 11 is 0. The Morgan fingerprint density at radius 2 is 1.67 bits per heavy atom. The summed E-state index contributed by atoms with van der Waals surface area (Å²) in [4.78, 5) is 36.1. The summed E-state index contributed by atoms with van der Waals surface area (Å²) in [6, 6.07) is 14.7. The number of carboxylic acid groups (broad SMARTS) is 1. The van der Waals surface area contributed by atoms with Crippen LogP contribution in [0.4, 0.5) is 4.79 Å². The van der Waals surface area contributed by atoms with E-state index in [-0.39, 0.29) is 25.4 Å². The number of carboxylic acids is 1. The molecule has 33 heavy (non-hydrogen) atoms.